The minimum Gasteiger partial charge on any atom is -0.490 e. The second-order valence-electron chi connectivity index (χ2n) is 5.94. The molecule has 1 aliphatic heterocycles. The molecule has 8 heteroatoms. The second-order valence-corrected chi connectivity index (χ2v) is 6.94. The predicted molar refractivity (Wildman–Crippen MR) is 102 cm³/mol. The van der Waals surface area contributed by atoms with Gasteiger partial charge in [-0.15, -0.1) is 0 Å². The number of nitrogens with zero attached hydrogens (tertiary/aromatic N) is 2. The number of hydrogen-bond acceptors (Lipinski definition) is 6. The van der Waals surface area contributed by atoms with E-state index in [0.717, 1.165) is 22.9 Å². The third kappa shape index (κ3) is 4.01. The summed E-state index contributed by atoms with van der Waals surface area (Å²) in [7, 11) is 1.35. The fraction of sp³-hybridized carbons (Fsp3) is 0.158. The molecule has 1 heterocycles. The number of aryl methyl sites for hydroxylation is 1. The van der Waals surface area contributed by atoms with Gasteiger partial charge in [0.05, 0.1) is 23.5 Å². The average Bonchev–Trinajstić information content (AvgIpc) is 2.90. The number of nitro benzene ring substituents is 1. The molecule has 3 rings (SSSR count). The molecule has 27 heavy (non-hydrogen) atoms. The maximum absolute atomic E-state index is 12.6. The van der Waals surface area contributed by atoms with E-state index < -0.39 is 10.8 Å². The maximum atomic E-state index is 12.6. The Balaban J connectivity index is 1.84. The van der Waals surface area contributed by atoms with Crippen molar-refractivity contribution in [1.82, 2.24) is 4.90 Å². The summed E-state index contributed by atoms with van der Waals surface area (Å²) in [5, 5.41) is 10.8. The molecule has 0 atom stereocenters. The Hall–Kier alpha value is -3.13. The topological polar surface area (TPSA) is 89.8 Å². The molecule has 7 nitrogen and oxygen atoms in total. The Morgan fingerprint density at radius 1 is 1.19 bits per heavy atom. The number of carbonyl (C=O) groups excluding carboxylic acids is 2. The van der Waals surface area contributed by atoms with Gasteiger partial charge in [0.15, 0.2) is 5.75 Å². The molecule has 0 bridgehead atoms. The zero-order valence-electron chi connectivity index (χ0n) is 14.7. The summed E-state index contributed by atoms with van der Waals surface area (Å²) in [6.45, 7) is 2.14. The number of carbonyl (C=O) groups is 2. The number of methoxy groups -OCH3 is 1. The molecule has 138 valence electrons. The summed E-state index contributed by atoms with van der Waals surface area (Å²) in [4.78, 5) is 36.8. The molecule has 0 aliphatic carbocycles. The summed E-state index contributed by atoms with van der Waals surface area (Å²) in [5.74, 6) is -0.284. The summed E-state index contributed by atoms with van der Waals surface area (Å²) in [6, 6.07) is 11.9. The quantitative estimate of drug-likeness (QED) is 0.437. The first-order valence-electron chi connectivity index (χ1n) is 8.02. The van der Waals surface area contributed by atoms with E-state index in [9.17, 15) is 19.7 Å². The number of ether oxygens (including phenoxy) is 1. The fourth-order valence-corrected chi connectivity index (χ4v) is 3.44. The molecule has 2 aromatic carbocycles. The van der Waals surface area contributed by atoms with Crippen molar-refractivity contribution in [3.05, 3.63) is 74.2 Å². The molecule has 0 N–H and O–H groups in total. The number of hydrogen-bond donors (Lipinski definition) is 0. The van der Waals surface area contributed by atoms with Gasteiger partial charge in [-0.05, 0) is 42.0 Å². The average molecular weight is 384 g/mol. The van der Waals surface area contributed by atoms with Crippen LogP contribution in [0.1, 0.15) is 16.7 Å². The zero-order chi connectivity index (χ0) is 19.6. The molecule has 2 amide bonds. The van der Waals surface area contributed by atoms with Gasteiger partial charge in [-0.3, -0.25) is 24.6 Å². The number of benzene rings is 2. The molecule has 0 spiro atoms. The highest BCUT2D eigenvalue weighted by molar-refractivity contribution is 8.18. The van der Waals surface area contributed by atoms with E-state index in [0.29, 0.717) is 5.56 Å². The third-order valence-corrected chi connectivity index (χ3v) is 4.94. The molecular formula is C19H16N2O5S. The Morgan fingerprint density at radius 3 is 2.52 bits per heavy atom. The largest absolute Gasteiger partial charge is 0.490 e. The van der Waals surface area contributed by atoms with Crippen LogP contribution in [-0.4, -0.2) is 28.1 Å². The van der Waals surface area contributed by atoms with Gasteiger partial charge in [-0.25, -0.2) is 0 Å². The molecule has 1 saturated heterocycles. The van der Waals surface area contributed by atoms with Crippen LogP contribution in [0.5, 0.6) is 5.75 Å². The van der Waals surface area contributed by atoms with Gasteiger partial charge in [-0.2, -0.15) is 0 Å². The van der Waals surface area contributed by atoms with Crippen molar-refractivity contribution in [3.8, 4) is 5.75 Å². The number of imide groups is 1. The summed E-state index contributed by atoms with van der Waals surface area (Å²) < 4.78 is 4.96. The van der Waals surface area contributed by atoms with Crippen LogP contribution >= 0.6 is 11.8 Å². The van der Waals surface area contributed by atoms with Crippen molar-refractivity contribution in [2.75, 3.05) is 7.11 Å². The van der Waals surface area contributed by atoms with Crippen LogP contribution in [0, 0.1) is 17.0 Å². The molecule has 0 aromatic heterocycles. The monoisotopic (exact) mass is 384 g/mol. The van der Waals surface area contributed by atoms with Crippen molar-refractivity contribution in [2.24, 2.45) is 0 Å². The smallest absolute Gasteiger partial charge is 0.311 e. The van der Waals surface area contributed by atoms with E-state index in [1.165, 1.54) is 30.2 Å². The summed E-state index contributed by atoms with van der Waals surface area (Å²) in [6.07, 6.45) is 1.48. The predicted octanol–water partition coefficient (Wildman–Crippen LogP) is 4.15. The van der Waals surface area contributed by atoms with Crippen molar-refractivity contribution < 1.29 is 19.2 Å². The lowest BCUT2D eigenvalue weighted by molar-refractivity contribution is -0.385. The lowest BCUT2D eigenvalue weighted by atomic mass is 10.1. The van der Waals surface area contributed by atoms with Gasteiger partial charge in [0, 0.05) is 6.07 Å². The van der Waals surface area contributed by atoms with Crippen LogP contribution in [0.4, 0.5) is 10.5 Å². The molecule has 1 aliphatic rings. The summed E-state index contributed by atoms with van der Waals surface area (Å²) in [5.41, 5.74) is 2.19. The maximum Gasteiger partial charge on any atom is 0.311 e. The second kappa shape index (κ2) is 7.63. The van der Waals surface area contributed by atoms with Crippen LogP contribution in [0.3, 0.4) is 0 Å². The first-order chi connectivity index (χ1) is 12.9. The first kappa shape index (κ1) is 18.7. The van der Waals surface area contributed by atoms with E-state index in [4.69, 9.17) is 4.74 Å². The molecule has 0 saturated carbocycles. The number of amides is 2. The number of thioether (sulfide) groups is 1. The van der Waals surface area contributed by atoms with Crippen LogP contribution in [0.25, 0.3) is 6.08 Å². The Kier molecular flexibility index (Phi) is 5.27. The van der Waals surface area contributed by atoms with Crippen LogP contribution in [-0.2, 0) is 11.3 Å². The Labute approximate surface area is 159 Å². The number of nitro groups is 1. The standard InChI is InChI=1S/C19H16N2O5S/c1-12-3-5-13(6-4-12)11-20-18(22)17(27-19(20)23)10-14-7-8-16(26-2)15(9-14)21(24)25/h3-10H,11H2,1-2H3/b17-10+. The number of rotatable bonds is 5. The minimum atomic E-state index is -0.556. The van der Waals surface area contributed by atoms with Crippen LogP contribution in [0.2, 0.25) is 0 Å². The normalized spacial score (nSPS) is 15.5. The van der Waals surface area contributed by atoms with E-state index in [1.807, 2.05) is 31.2 Å². The lowest BCUT2D eigenvalue weighted by Gasteiger charge is -2.12. The van der Waals surface area contributed by atoms with Crippen molar-refractivity contribution in [1.29, 1.82) is 0 Å². The highest BCUT2D eigenvalue weighted by Gasteiger charge is 2.35. The van der Waals surface area contributed by atoms with Crippen molar-refractivity contribution in [3.63, 3.8) is 0 Å². The highest BCUT2D eigenvalue weighted by Crippen LogP contribution is 2.35. The van der Waals surface area contributed by atoms with E-state index in [2.05, 4.69) is 0 Å². The fourth-order valence-electron chi connectivity index (χ4n) is 2.60. The Bertz CT molecular complexity index is 953. The van der Waals surface area contributed by atoms with Gasteiger partial charge < -0.3 is 4.74 Å². The van der Waals surface area contributed by atoms with E-state index >= 15 is 0 Å². The van der Waals surface area contributed by atoms with Gasteiger partial charge in [0.25, 0.3) is 11.1 Å². The van der Waals surface area contributed by atoms with Crippen molar-refractivity contribution >= 4 is 34.7 Å². The van der Waals surface area contributed by atoms with Crippen LogP contribution in [0.15, 0.2) is 47.4 Å². The zero-order valence-corrected chi connectivity index (χ0v) is 15.5. The molecular weight excluding hydrogens is 368 g/mol. The van der Waals surface area contributed by atoms with Gasteiger partial charge in [-0.1, -0.05) is 35.9 Å². The van der Waals surface area contributed by atoms with Gasteiger partial charge >= 0.3 is 5.69 Å². The van der Waals surface area contributed by atoms with Gasteiger partial charge in [0.2, 0.25) is 0 Å². The van der Waals surface area contributed by atoms with Crippen LogP contribution < -0.4 is 4.74 Å². The minimum absolute atomic E-state index is 0.129. The van der Waals surface area contributed by atoms with Crippen molar-refractivity contribution in [2.45, 2.75) is 13.5 Å². The first-order valence-corrected chi connectivity index (χ1v) is 8.84. The molecule has 1 fully saturated rings. The molecule has 2 aromatic rings. The molecule has 0 unspecified atom stereocenters. The summed E-state index contributed by atoms with van der Waals surface area (Å²) >= 11 is 0.821. The van der Waals surface area contributed by atoms with E-state index in [-0.39, 0.29) is 28.1 Å². The third-order valence-electron chi connectivity index (χ3n) is 4.03. The Morgan fingerprint density at radius 2 is 1.89 bits per heavy atom. The lowest BCUT2D eigenvalue weighted by Crippen LogP contribution is -2.27. The molecule has 0 radical (unpaired) electrons. The van der Waals surface area contributed by atoms with Gasteiger partial charge in [0.1, 0.15) is 0 Å². The SMILES string of the molecule is COc1ccc(/C=C2/SC(=O)N(Cc3ccc(C)cc3)C2=O)cc1[N+](=O)[O-]. The van der Waals surface area contributed by atoms with E-state index in [1.54, 1.807) is 6.07 Å². The highest BCUT2D eigenvalue weighted by atomic mass is 32.2.